The molecule has 2 heterocycles. The van der Waals surface area contributed by atoms with E-state index in [1.165, 1.54) is 65.5 Å². The van der Waals surface area contributed by atoms with E-state index in [0.29, 0.717) is 0 Å². The zero-order valence-electron chi connectivity index (χ0n) is 22.9. The summed E-state index contributed by atoms with van der Waals surface area (Å²) in [6.45, 7) is 0. The van der Waals surface area contributed by atoms with E-state index >= 15 is 0 Å². The van der Waals surface area contributed by atoms with Gasteiger partial charge in [0.2, 0.25) is 0 Å². The van der Waals surface area contributed by atoms with Gasteiger partial charge in [-0.3, -0.25) is 0 Å². The molecule has 7 aromatic carbocycles. The molecule has 2 nitrogen and oxygen atoms in total. The minimum absolute atomic E-state index is 1.15. The van der Waals surface area contributed by atoms with E-state index in [2.05, 4.69) is 167 Å². The van der Waals surface area contributed by atoms with Crippen LogP contribution in [0.3, 0.4) is 0 Å². The van der Waals surface area contributed by atoms with Gasteiger partial charge in [0.1, 0.15) is 0 Å². The second-order valence-corrected chi connectivity index (χ2v) is 11.0. The summed E-state index contributed by atoms with van der Waals surface area (Å²) in [5, 5.41) is 7.57. The smallest absolute Gasteiger partial charge is 0.0541 e. The van der Waals surface area contributed by atoms with Gasteiger partial charge >= 0.3 is 0 Å². The highest BCUT2D eigenvalue weighted by Gasteiger charge is 2.17. The number of nitrogens with zero attached hydrogens (tertiary/aromatic N) is 2. The Morgan fingerprint density at radius 3 is 1.17 bits per heavy atom. The molecule has 0 amide bonds. The summed E-state index contributed by atoms with van der Waals surface area (Å²) in [7, 11) is 0. The van der Waals surface area contributed by atoms with Crippen LogP contribution < -0.4 is 0 Å². The predicted octanol–water partition coefficient (Wildman–Crippen LogP) is 10.7. The minimum atomic E-state index is 1.15. The number of fused-ring (bicyclic) bond motifs is 7. The first-order chi connectivity index (χ1) is 20.8. The topological polar surface area (TPSA) is 9.86 Å². The van der Waals surface area contributed by atoms with Crippen molar-refractivity contribution >= 4 is 54.4 Å². The van der Waals surface area contributed by atoms with Gasteiger partial charge in [-0.05, 0) is 64.4 Å². The molecule has 9 aromatic rings. The van der Waals surface area contributed by atoms with Crippen LogP contribution in [0, 0.1) is 0 Å². The quantitative estimate of drug-likeness (QED) is 0.213. The normalized spacial score (nSPS) is 11.8. The highest BCUT2D eigenvalue weighted by Crippen LogP contribution is 2.38. The van der Waals surface area contributed by atoms with Crippen molar-refractivity contribution < 1.29 is 0 Å². The zero-order chi connectivity index (χ0) is 27.6. The Hall–Kier alpha value is -5.60. The van der Waals surface area contributed by atoms with Gasteiger partial charge in [-0.2, -0.15) is 0 Å². The molecule has 0 fully saturated rings. The summed E-state index contributed by atoms with van der Waals surface area (Å²) in [4.78, 5) is 0. The third kappa shape index (κ3) is 3.33. The largest absolute Gasteiger partial charge is 0.309 e. The lowest BCUT2D eigenvalue weighted by molar-refractivity contribution is 1.13. The van der Waals surface area contributed by atoms with Crippen molar-refractivity contribution in [2.24, 2.45) is 0 Å². The van der Waals surface area contributed by atoms with Crippen LogP contribution in [-0.2, 0) is 0 Å². The second-order valence-electron chi connectivity index (χ2n) is 11.0. The highest BCUT2D eigenvalue weighted by molar-refractivity contribution is 6.11. The lowest BCUT2D eigenvalue weighted by atomic mass is 9.97. The van der Waals surface area contributed by atoms with Crippen LogP contribution in [-0.4, -0.2) is 9.13 Å². The van der Waals surface area contributed by atoms with Crippen molar-refractivity contribution in [2.45, 2.75) is 0 Å². The fraction of sp³-hybridized carbons (Fsp3) is 0. The number of para-hydroxylation sites is 4. The van der Waals surface area contributed by atoms with E-state index in [9.17, 15) is 0 Å². The summed E-state index contributed by atoms with van der Waals surface area (Å²) in [5.74, 6) is 0. The maximum absolute atomic E-state index is 2.43. The van der Waals surface area contributed by atoms with Crippen molar-refractivity contribution in [3.63, 3.8) is 0 Å². The minimum Gasteiger partial charge on any atom is -0.309 e. The highest BCUT2D eigenvalue weighted by atomic mass is 15.0. The van der Waals surface area contributed by atoms with E-state index in [1.54, 1.807) is 0 Å². The van der Waals surface area contributed by atoms with Gasteiger partial charge < -0.3 is 9.13 Å². The Balaban J connectivity index is 1.44. The second kappa shape index (κ2) is 8.95. The fourth-order valence-corrected chi connectivity index (χ4v) is 6.89. The van der Waals surface area contributed by atoms with Crippen molar-refractivity contribution in [1.29, 1.82) is 0 Å². The molecule has 0 aliphatic rings. The number of hydrogen-bond acceptors (Lipinski definition) is 0. The Kier molecular flexibility index (Phi) is 4.93. The van der Waals surface area contributed by atoms with Gasteiger partial charge in [0, 0.05) is 32.9 Å². The lowest BCUT2D eigenvalue weighted by Crippen LogP contribution is -2.00. The summed E-state index contributed by atoms with van der Waals surface area (Å²) in [6, 6.07) is 57.3. The van der Waals surface area contributed by atoms with Crippen LogP contribution >= 0.6 is 0 Å². The Morgan fingerprint density at radius 2 is 0.690 bits per heavy atom. The monoisotopic (exact) mass is 534 g/mol. The Morgan fingerprint density at radius 1 is 0.310 bits per heavy atom. The molecule has 0 unspecified atom stereocenters. The first kappa shape index (κ1) is 23.1. The number of rotatable bonds is 3. The van der Waals surface area contributed by atoms with E-state index < -0.39 is 0 Å². The molecule has 0 spiro atoms. The maximum Gasteiger partial charge on any atom is 0.0541 e. The van der Waals surface area contributed by atoms with Gasteiger partial charge in [-0.25, -0.2) is 0 Å². The summed E-state index contributed by atoms with van der Waals surface area (Å²) in [6.07, 6.45) is 0. The van der Waals surface area contributed by atoms with E-state index in [4.69, 9.17) is 0 Å². The average molecular weight is 535 g/mol. The van der Waals surface area contributed by atoms with Crippen molar-refractivity contribution in [2.75, 3.05) is 0 Å². The van der Waals surface area contributed by atoms with Crippen molar-refractivity contribution in [3.8, 4) is 22.5 Å². The van der Waals surface area contributed by atoms with E-state index in [-0.39, 0.29) is 0 Å². The molecule has 0 aliphatic carbocycles. The van der Waals surface area contributed by atoms with Crippen LogP contribution in [0.2, 0.25) is 0 Å². The summed E-state index contributed by atoms with van der Waals surface area (Å²) in [5.41, 5.74) is 9.57. The van der Waals surface area contributed by atoms with Gasteiger partial charge in [0.05, 0.1) is 22.1 Å². The van der Waals surface area contributed by atoms with Crippen LogP contribution in [0.4, 0.5) is 0 Å². The van der Waals surface area contributed by atoms with Crippen LogP contribution in [0.25, 0.3) is 76.9 Å². The van der Waals surface area contributed by atoms with E-state index in [0.717, 1.165) is 11.4 Å². The average Bonchev–Trinajstić information content (AvgIpc) is 3.57. The van der Waals surface area contributed by atoms with Gasteiger partial charge in [0.25, 0.3) is 0 Å². The molecular weight excluding hydrogens is 508 g/mol. The molecule has 9 rings (SSSR count). The molecule has 2 aromatic heterocycles. The van der Waals surface area contributed by atoms with Gasteiger partial charge in [0.15, 0.2) is 0 Å². The first-order valence-electron chi connectivity index (χ1n) is 14.5. The number of hydrogen-bond donors (Lipinski definition) is 0. The van der Waals surface area contributed by atoms with Gasteiger partial charge in [-0.1, -0.05) is 115 Å². The molecule has 0 N–H and O–H groups in total. The molecule has 0 atom stereocenters. The number of aromatic nitrogens is 2. The summed E-state index contributed by atoms with van der Waals surface area (Å²) >= 11 is 0. The van der Waals surface area contributed by atoms with Crippen LogP contribution in [0.15, 0.2) is 158 Å². The third-order valence-corrected chi connectivity index (χ3v) is 8.68. The molecule has 0 saturated heterocycles. The molecule has 42 heavy (non-hydrogen) atoms. The maximum atomic E-state index is 2.43. The standard InChI is InChI=1S/C40H26N2/c1-2-14-31-27(12-1)13-11-19-32(31)28-24-29(41-37-20-7-3-15-33(37)34-16-4-8-21-38(34)41)26-30(25-28)42-39-22-9-5-17-35(39)36-18-6-10-23-40(36)42/h1-26H. The molecule has 196 valence electrons. The Bertz CT molecular complexity index is 2230. The molecular formula is C40H26N2. The van der Waals surface area contributed by atoms with Crippen LogP contribution in [0.1, 0.15) is 0 Å². The van der Waals surface area contributed by atoms with Crippen molar-refractivity contribution in [1.82, 2.24) is 9.13 Å². The fourth-order valence-electron chi connectivity index (χ4n) is 6.89. The molecule has 0 saturated carbocycles. The molecule has 0 radical (unpaired) electrons. The Labute approximate surface area is 243 Å². The van der Waals surface area contributed by atoms with E-state index in [1.807, 2.05) is 0 Å². The molecule has 2 heteroatoms. The number of benzene rings is 7. The van der Waals surface area contributed by atoms with Crippen molar-refractivity contribution in [3.05, 3.63) is 158 Å². The first-order valence-corrected chi connectivity index (χ1v) is 14.5. The van der Waals surface area contributed by atoms with Gasteiger partial charge in [-0.15, -0.1) is 0 Å². The third-order valence-electron chi connectivity index (χ3n) is 8.68. The predicted molar refractivity (Wildman–Crippen MR) is 178 cm³/mol. The summed E-state index contributed by atoms with van der Waals surface area (Å²) < 4.78 is 4.85. The van der Waals surface area contributed by atoms with Crippen LogP contribution in [0.5, 0.6) is 0 Å². The molecule has 0 bridgehead atoms. The molecule has 0 aliphatic heterocycles. The SMILES string of the molecule is c1ccc2c(-c3cc(-n4c5ccccc5c5ccccc54)cc(-n4c5ccccc5c5ccccc54)c3)cccc2c1. The lowest BCUT2D eigenvalue weighted by Gasteiger charge is -2.16. The zero-order valence-corrected chi connectivity index (χ0v) is 22.9.